The predicted molar refractivity (Wildman–Crippen MR) is 115 cm³/mol. The molecule has 0 unspecified atom stereocenters. The molecule has 0 saturated carbocycles. The zero-order chi connectivity index (χ0) is 22.1. The maximum absolute atomic E-state index is 13.5. The number of halogens is 2. The van der Waals surface area contributed by atoms with Crippen LogP contribution in [0.1, 0.15) is 29.0 Å². The third kappa shape index (κ3) is 4.51. The Balaban J connectivity index is 1.35. The lowest BCUT2D eigenvalue weighted by atomic mass is 10.0. The number of fused-ring (bicyclic) bond motifs is 1. The Labute approximate surface area is 183 Å². The molecule has 0 spiro atoms. The summed E-state index contributed by atoms with van der Waals surface area (Å²) < 4.78 is 14.6. The molecule has 3 aromatic rings. The van der Waals surface area contributed by atoms with Crippen molar-refractivity contribution < 1.29 is 14.0 Å². The number of carbonyl (C=O) groups is 2. The topological polar surface area (TPSA) is 86.3 Å². The number of nitrogens with one attached hydrogen (secondary N) is 2. The van der Waals surface area contributed by atoms with Gasteiger partial charge in [-0.3, -0.25) is 4.79 Å². The normalized spacial score (nSPS) is 16.5. The van der Waals surface area contributed by atoms with Crippen LogP contribution in [0.5, 0.6) is 0 Å². The molecule has 1 atom stereocenters. The number of urea groups is 1. The Hall–Kier alpha value is -3.07. The lowest BCUT2D eigenvalue weighted by molar-refractivity contribution is 0.0630. The van der Waals surface area contributed by atoms with Gasteiger partial charge < -0.3 is 20.1 Å². The highest BCUT2D eigenvalue weighted by molar-refractivity contribution is 6.31. The third-order valence-electron chi connectivity index (χ3n) is 5.66. The van der Waals surface area contributed by atoms with Gasteiger partial charge in [0.05, 0.1) is 12.6 Å². The summed E-state index contributed by atoms with van der Waals surface area (Å²) in [5.74, 6) is -0.887. The van der Waals surface area contributed by atoms with Crippen LogP contribution in [0.4, 0.5) is 9.18 Å². The first-order valence-corrected chi connectivity index (χ1v) is 10.5. The van der Waals surface area contributed by atoms with Crippen LogP contribution in [0.3, 0.4) is 0 Å². The van der Waals surface area contributed by atoms with Gasteiger partial charge in [-0.1, -0.05) is 11.6 Å². The van der Waals surface area contributed by atoms with Crippen molar-refractivity contribution in [1.82, 2.24) is 29.9 Å². The van der Waals surface area contributed by atoms with Crippen molar-refractivity contribution in [3.63, 3.8) is 0 Å². The second kappa shape index (κ2) is 8.58. The van der Waals surface area contributed by atoms with Gasteiger partial charge >= 0.3 is 6.03 Å². The van der Waals surface area contributed by atoms with Crippen LogP contribution >= 0.6 is 11.6 Å². The van der Waals surface area contributed by atoms with Gasteiger partial charge in [0.1, 0.15) is 0 Å². The van der Waals surface area contributed by atoms with Gasteiger partial charge in [-0.15, -0.1) is 0 Å². The fourth-order valence-corrected chi connectivity index (χ4v) is 4.07. The highest BCUT2D eigenvalue weighted by Gasteiger charge is 2.30. The summed E-state index contributed by atoms with van der Waals surface area (Å²) in [6.45, 7) is 1.28. The molecule has 0 aliphatic carbocycles. The molecule has 1 fully saturated rings. The zero-order valence-corrected chi connectivity index (χ0v) is 18.1. The van der Waals surface area contributed by atoms with Crippen LogP contribution in [0.15, 0.2) is 30.3 Å². The van der Waals surface area contributed by atoms with Crippen LogP contribution in [-0.2, 0) is 13.6 Å². The lowest BCUT2D eigenvalue weighted by Crippen LogP contribution is -2.52. The fourth-order valence-electron chi connectivity index (χ4n) is 3.89. The molecule has 2 N–H and O–H groups in total. The third-order valence-corrected chi connectivity index (χ3v) is 5.90. The van der Waals surface area contributed by atoms with Gasteiger partial charge in [0.25, 0.3) is 5.91 Å². The largest absolute Gasteiger partial charge is 0.357 e. The Morgan fingerprint density at radius 1 is 1.35 bits per heavy atom. The number of aromatic amines is 1. The van der Waals surface area contributed by atoms with E-state index in [0.29, 0.717) is 24.7 Å². The summed E-state index contributed by atoms with van der Waals surface area (Å²) in [7, 11) is 3.17. The summed E-state index contributed by atoms with van der Waals surface area (Å²) >= 11 is 6.02. The Kier molecular flexibility index (Phi) is 5.86. The van der Waals surface area contributed by atoms with Crippen molar-refractivity contribution in [2.75, 3.05) is 20.1 Å². The predicted octanol–water partition coefficient (Wildman–Crippen LogP) is 3.14. The van der Waals surface area contributed by atoms with Crippen molar-refractivity contribution in [3.05, 3.63) is 52.7 Å². The van der Waals surface area contributed by atoms with E-state index in [4.69, 9.17) is 11.6 Å². The maximum Gasteiger partial charge on any atom is 0.317 e. The highest BCUT2D eigenvalue weighted by Crippen LogP contribution is 2.21. The van der Waals surface area contributed by atoms with E-state index in [0.717, 1.165) is 40.2 Å². The minimum Gasteiger partial charge on any atom is -0.357 e. The molecule has 3 heterocycles. The first kappa shape index (κ1) is 21.2. The van der Waals surface area contributed by atoms with Crippen LogP contribution in [0, 0.1) is 5.95 Å². The summed E-state index contributed by atoms with van der Waals surface area (Å²) in [5.41, 5.74) is 1.90. The van der Waals surface area contributed by atoms with E-state index in [2.05, 4.69) is 15.4 Å². The van der Waals surface area contributed by atoms with E-state index in [1.165, 1.54) is 7.05 Å². The Morgan fingerprint density at radius 3 is 2.90 bits per heavy atom. The summed E-state index contributed by atoms with van der Waals surface area (Å²) in [4.78, 5) is 31.9. The average Bonchev–Trinajstić information content (AvgIpc) is 3.32. The standard InChI is InChI=1S/C21H24ClFN6O2/c1-27(21(31)24-11-15-9-13-8-14(22)5-6-17(13)25-15)16-4-3-7-29(12-16)20(30)18-10-19(23)28(2)26-18/h5-6,8-10,16,25H,3-4,7,11-12H2,1-2H3,(H,24,31)/t16-/m1/s1. The minimum atomic E-state index is -0.562. The molecular formula is C21H24ClFN6O2. The van der Waals surface area contributed by atoms with Crippen molar-refractivity contribution in [2.45, 2.75) is 25.4 Å². The molecule has 31 heavy (non-hydrogen) atoms. The number of amides is 3. The number of likely N-dealkylation sites (tertiary alicyclic amines) is 1. The van der Waals surface area contributed by atoms with E-state index < -0.39 is 5.95 Å². The summed E-state index contributed by atoms with van der Waals surface area (Å²) in [5, 5.41) is 8.48. The van der Waals surface area contributed by atoms with Crippen molar-refractivity contribution in [3.8, 4) is 0 Å². The van der Waals surface area contributed by atoms with E-state index in [-0.39, 0.29) is 23.7 Å². The summed E-state index contributed by atoms with van der Waals surface area (Å²) in [6.07, 6.45) is 1.54. The molecule has 2 aromatic heterocycles. The second-order valence-electron chi connectivity index (χ2n) is 7.82. The number of benzene rings is 1. The molecular weight excluding hydrogens is 423 g/mol. The van der Waals surface area contributed by atoms with Gasteiger partial charge in [-0.25, -0.2) is 9.48 Å². The summed E-state index contributed by atoms with van der Waals surface area (Å²) in [6, 6.07) is 8.31. The highest BCUT2D eigenvalue weighted by atomic mass is 35.5. The van der Waals surface area contributed by atoms with Gasteiger partial charge in [0.2, 0.25) is 5.95 Å². The number of rotatable bonds is 4. The fraction of sp³-hybridized carbons (Fsp3) is 0.381. The smallest absolute Gasteiger partial charge is 0.317 e. The molecule has 1 aliphatic heterocycles. The molecule has 164 valence electrons. The quantitative estimate of drug-likeness (QED) is 0.645. The number of piperidine rings is 1. The van der Waals surface area contributed by atoms with Crippen molar-refractivity contribution in [1.29, 1.82) is 0 Å². The number of hydrogen-bond donors (Lipinski definition) is 2. The van der Waals surface area contributed by atoms with Crippen LogP contribution < -0.4 is 5.32 Å². The second-order valence-corrected chi connectivity index (χ2v) is 8.26. The molecule has 8 nitrogen and oxygen atoms in total. The maximum atomic E-state index is 13.5. The molecule has 0 bridgehead atoms. The van der Waals surface area contributed by atoms with Crippen molar-refractivity contribution >= 4 is 34.4 Å². The number of aryl methyl sites for hydroxylation is 1. The molecule has 1 aliphatic rings. The number of H-pyrrole nitrogens is 1. The van der Waals surface area contributed by atoms with Gasteiger partial charge in [-0.05, 0) is 37.1 Å². The lowest BCUT2D eigenvalue weighted by Gasteiger charge is -2.37. The number of nitrogens with zero attached hydrogens (tertiary/aromatic N) is 4. The van der Waals surface area contributed by atoms with Crippen LogP contribution in [0.2, 0.25) is 5.02 Å². The number of aromatic nitrogens is 3. The van der Waals surface area contributed by atoms with Crippen molar-refractivity contribution in [2.24, 2.45) is 7.05 Å². The van der Waals surface area contributed by atoms with Gasteiger partial charge in [0, 0.05) is 54.9 Å². The van der Waals surface area contributed by atoms with E-state index in [1.807, 2.05) is 24.3 Å². The minimum absolute atomic E-state index is 0.0756. The van der Waals surface area contributed by atoms with E-state index >= 15 is 0 Å². The monoisotopic (exact) mass is 446 g/mol. The average molecular weight is 447 g/mol. The first-order chi connectivity index (χ1) is 14.8. The number of likely N-dealkylation sites (N-methyl/N-ethyl adjacent to an activating group) is 1. The number of hydrogen-bond acceptors (Lipinski definition) is 3. The molecule has 10 heteroatoms. The van der Waals surface area contributed by atoms with Crippen LogP contribution in [0.25, 0.3) is 10.9 Å². The zero-order valence-electron chi connectivity index (χ0n) is 17.4. The van der Waals surface area contributed by atoms with Gasteiger partial charge in [0.15, 0.2) is 5.69 Å². The molecule has 1 saturated heterocycles. The van der Waals surface area contributed by atoms with Gasteiger partial charge in [-0.2, -0.15) is 9.49 Å². The Bertz CT molecular complexity index is 1110. The van der Waals surface area contributed by atoms with Crippen LogP contribution in [-0.4, -0.2) is 62.7 Å². The molecule has 0 radical (unpaired) electrons. The molecule has 3 amide bonds. The Morgan fingerprint density at radius 2 is 2.16 bits per heavy atom. The first-order valence-electron chi connectivity index (χ1n) is 10.1. The number of carbonyl (C=O) groups excluding carboxylic acids is 2. The van der Waals surface area contributed by atoms with E-state index in [1.54, 1.807) is 16.8 Å². The van der Waals surface area contributed by atoms with E-state index in [9.17, 15) is 14.0 Å². The SMILES string of the molecule is CN(C(=O)NCc1cc2cc(Cl)ccc2[nH]1)[C@@H]1CCCN(C(=O)c2cc(F)n(C)n2)C1. The molecule has 1 aromatic carbocycles. The molecule has 4 rings (SSSR count).